The van der Waals surface area contributed by atoms with Gasteiger partial charge in [-0.1, -0.05) is 18.2 Å². The molecule has 1 amide bonds. The van der Waals surface area contributed by atoms with Crippen molar-refractivity contribution in [1.82, 2.24) is 4.57 Å². The summed E-state index contributed by atoms with van der Waals surface area (Å²) in [6.07, 6.45) is -5.36. The predicted molar refractivity (Wildman–Crippen MR) is 111 cm³/mol. The minimum atomic E-state index is -4.87. The zero-order valence-electron chi connectivity index (χ0n) is 16.8. The summed E-state index contributed by atoms with van der Waals surface area (Å²) >= 11 is 0. The number of fused-ring (bicyclic) bond motifs is 3. The lowest BCUT2D eigenvalue weighted by Gasteiger charge is -2.17. The van der Waals surface area contributed by atoms with Crippen LogP contribution in [-0.2, 0) is 11.3 Å². The molecule has 0 aliphatic carbocycles. The number of carbonyl (C=O) groups is 3. The molecule has 2 aromatic carbocycles. The molecule has 33 heavy (non-hydrogen) atoms. The number of nitrogens with two attached hydrogens (primary N) is 1. The van der Waals surface area contributed by atoms with E-state index in [1.54, 1.807) is 22.8 Å². The third kappa shape index (κ3) is 4.29. The minimum absolute atomic E-state index is 0.0466. The van der Waals surface area contributed by atoms with Crippen LogP contribution >= 0.6 is 0 Å². The SMILES string of the molecule is NC(=O)c1cccc2c1c1c(n2Cc2cccc(OC(F)(F)F)c2)C(CC(=O)O)=NCC1=O. The number of ether oxygens (including phenoxy) is 1. The second-order valence-corrected chi connectivity index (χ2v) is 7.33. The summed E-state index contributed by atoms with van der Waals surface area (Å²) in [7, 11) is 0. The highest BCUT2D eigenvalue weighted by Gasteiger charge is 2.33. The maximum Gasteiger partial charge on any atom is 0.573 e. The molecule has 3 N–H and O–H groups in total. The maximum atomic E-state index is 12.8. The number of carboxylic acid groups (broad SMARTS) is 1. The highest BCUT2D eigenvalue weighted by molar-refractivity contribution is 6.26. The van der Waals surface area contributed by atoms with Crippen LogP contribution in [0.5, 0.6) is 5.75 Å². The Morgan fingerprint density at radius 3 is 2.58 bits per heavy atom. The van der Waals surface area contributed by atoms with Gasteiger partial charge in [-0.25, -0.2) is 0 Å². The quantitative estimate of drug-likeness (QED) is 0.586. The Morgan fingerprint density at radius 2 is 1.91 bits per heavy atom. The second-order valence-electron chi connectivity index (χ2n) is 7.33. The number of halogens is 3. The molecule has 4 rings (SSSR count). The molecular weight excluding hydrogens is 443 g/mol. The molecule has 0 fully saturated rings. The molecular formula is C22H16F3N3O5. The number of hydrogen-bond donors (Lipinski definition) is 2. The lowest BCUT2D eigenvalue weighted by molar-refractivity contribution is -0.274. The number of primary amides is 1. The van der Waals surface area contributed by atoms with Crippen LogP contribution in [0, 0.1) is 0 Å². The van der Waals surface area contributed by atoms with E-state index in [0.717, 1.165) is 6.07 Å². The van der Waals surface area contributed by atoms with Gasteiger partial charge in [0.2, 0.25) is 5.91 Å². The van der Waals surface area contributed by atoms with Crippen molar-refractivity contribution in [2.45, 2.75) is 19.3 Å². The second kappa shape index (κ2) is 8.08. The molecule has 0 bridgehead atoms. The summed E-state index contributed by atoms with van der Waals surface area (Å²) < 4.78 is 43.5. The predicted octanol–water partition coefficient (Wildman–Crippen LogP) is 3.15. The Bertz CT molecular complexity index is 1340. The smallest absolute Gasteiger partial charge is 0.481 e. The lowest BCUT2D eigenvalue weighted by atomic mass is 9.96. The van der Waals surface area contributed by atoms with E-state index in [1.165, 1.54) is 18.2 Å². The standard InChI is InChI=1S/C22H16F3N3O5/c23-22(24,25)33-12-4-1-3-11(7-12)10-28-15-6-2-5-13(21(26)32)18(15)19-16(29)9-27-14(20(19)28)8-17(30)31/h1-7H,8-10H2,(H2,26,32)(H,30,31). The highest BCUT2D eigenvalue weighted by Crippen LogP contribution is 2.34. The van der Waals surface area contributed by atoms with E-state index in [1.807, 2.05) is 0 Å². The van der Waals surface area contributed by atoms with Crippen molar-refractivity contribution in [1.29, 1.82) is 0 Å². The van der Waals surface area contributed by atoms with Gasteiger partial charge in [0, 0.05) is 17.5 Å². The van der Waals surface area contributed by atoms with Crippen molar-refractivity contribution >= 4 is 34.3 Å². The summed E-state index contributed by atoms with van der Waals surface area (Å²) in [6.45, 7) is -0.342. The number of ketones is 1. The van der Waals surface area contributed by atoms with Crippen LogP contribution < -0.4 is 10.5 Å². The number of carboxylic acids is 1. The third-order valence-electron chi connectivity index (χ3n) is 5.11. The summed E-state index contributed by atoms with van der Waals surface area (Å²) in [5, 5.41) is 9.58. The van der Waals surface area contributed by atoms with Crippen LogP contribution in [-0.4, -0.2) is 46.0 Å². The van der Waals surface area contributed by atoms with Gasteiger partial charge in [-0.2, -0.15) is 0 Å². The van der Waals surface area contributed by atoms with Gasteiger partial charge in [0.25, 0.3) is 0 Å². The van der Waals surface area contributed by atoms with Crippen LogP contribution in [0.2, 0.25) is 0 Å². The van der Waals surface area contributed by atoms with Crippen molar-refractivity contribution in [2.24, 2.45) is 10.7 Å². The zero-order chi connectivity index (χ0) is 23.9. The average Bonchev–Trinajstić information content (AvgIpc) is 3.04. The number of benzene rings is 2. The van der Waals surface area contributed by atoms with Crippen LogP contribution in [0.4, 0.5) is 13.2 Å². The van der Waals surface area contributed by atoms with Crippen molar-refractivity contribution in [3.05, 3.63) is 64.8 Å². The molecule has 8 nitrogen and oxygen atoms in total. The fourth-order valence-corrected chi connectivity index (χ4v) is 3.97. The number of aliphatic imine (C=N–C) groups is 1. The number of Topliss-reactive ketones (excluding diaryl/α,β-unsaturated/α-hetero) is 1. The molecule has 0 radical (unpaired) electrons. The fraction of sp³-hybridized carbons (Fsp3) is 0.182. The minimum Gasteiger partial charge on any atom is -0.481 e. The zero-order valence-corrected chi connectivity index (χ0v) is 16.8. The average molecular weight is 459 g/mol. The first kappa shape index (κ1) is 22.1. The molecule has 3 aromatic rings. The summed E-state index contributed by atoms with van der Waals surface area (Å²) in [5.74, 6) is -2.82. The monoisotopic (exact) mass is 459 g/mol. The number of carbonyl (C=O) groups excluding carboxylic acids is 2. The number of hydrogen-bond acceptors (Lipinski definition) is 5. The van der Waals surface area contributed by atoms with Crippen molar-refractivity contribution < 1.29 is 37.4 Å². The number of alkyl halides is 3. The molecule has 2 heterocycles. The normalized spacial score (nSPS) is 13.5. The Morgan fingerprint density at radius 1 is 1.18 bits per heavy atom. The Hall–Kier alpha value is -4.15. The topological polar surface area (TPSA) is 124 Å². The van der Waals surface area contributed by atoms with E-state index in [-0.39, 0.29) is 41.0 Å². The van der Waals surface area contributed by atoms with Crippen LogP contribution in [0.3, 0.4) is 0 Å². The van der Waals surface area contributed by atoms with Gasteiger partial charge in [0.15, 0.2) is 5.78 Å². The molecule has 1 aromatic heterocycles. The first-order valence-electron chi connectivity index (χ1n) is 9.63. The van der Waals surface area contributed by atoms with E-state index in [2.05, 4.69) is 9.73 Å². The van der Waals surface area contributed by atoms with Gasteiger partial charge in [0.05, 0.1) is 28.9 Å². The Labute approximate surface area is 184 Å². The van der Waals surface area contributed by atoms with Gasteiger partial charge < -0.3 is 20.1 Å². The van der Waals surface area contributed by atoms with Crippen molar-refractivity contribution in [3.8, 4) is 5.75 Å². The van der Waals surface area contributed by atoms with Crippen molar-refractivity contribution in [2.75, 3.05) is 6.54 Å². The van der Waals surface area contributed by atoms with Gasteiger partial charge in [-0.15, -0.1) is 13.2 Å². The van der Waals surface area contributed by atoms with Gasteiger partial charge >= 0.3 is 12.3 Å². The molecule has 0 saturated heterocycles. The first-order chi connectivity index (χ1) is 15.5. The Kier molecular flexibility index (Phi) is 5.40. The molecule has 0 saturated carbocycles. The molecule has 0 atom stereocenters. The molecule has 0 spiro atoms. The van der Waals surface area contributed by atoms with Gasteiger partial charge in [-0.3, -0.25) is 19.4 Å². The van der Waals surface area contributed by atoms with Crippen LogP contribution in [0.1, 0.15) is 38.4 Å². The maximum absolute atomic E-state index is 12.8. The fourth-order valence-electron chi connectivity index (χ4n) is 3.97. The van der Waals surface area contributed by atoms with Gasteiger partial charge in [-0.05, 0) is 29.8 Å². The number of aromatic nitrogens is 1. The molecule has 1 aliphatic heterocycles. The molecule has 170 valence electrons. The molecule has 0 unspecified atom stereocenters. The highest BCUT2D eigenvalue weighted by atomic mass is 19.4. The van der Waals surface area contributed by atoms with E-state index in [4.69, 9.17) is 5.73 Å². The van der Waals surface area contributed by atoms with Crippen molar-refractivity contribution in [3.63, 3.8) is 0 Å². The number of rotatable bonds is 6. The van der Waals surface area contributed by atoms with E-state index < -0.39 is 36.2 Å². The largest absolute Gasteiger partial charge is 0.573 e. The number of nitrogens with zero attached hydrogens (tertiary/aromatic N) is 2. The number of amides is 1. The van der Waals surface area contributed by atoms with Crippen LogP contribution in [0.15, 0.2) is 47.5 Å². The summed E-state index contributed by atoms with van der Waals surface area (Å²) in [4.78, 5) is 40.4. The first-order valence-corrected chi connectivity index (χ1v) is 9.63. The van der Waals surface area contributed by atoms with E-state index in [0.29, 0.717) is 11.1 Å². The summed E-state index contributed by atoms with van der Waals surface area (Å²) in [6, 6.07) is 9.87. The number of aliphatic carboxylic acids is 1. The lowest BCUT2D eigenvalue weighted by Crippen LogP contribution is -2.24. The molecule has 11 heteroatoms. The third-order valence-corrected chi connectivity index (χ3v) is 5.11. The summed E-state index contributed by atoms with van der Waals surface area (Å²) in [5.41, 5.74) is 6.79. The van der Waals surface area contributed by atoms with E-state index >= 15 is 0 Å². The van der Waals surface area contributed by atoms with E-state index in [9.17, 15) is 32.7 Å². The van der Waals surface area contributed by atoms with Gasteiger partial charge in [0.1, 0.15) is 12.3 Å². The molecule has 1 aliphatic rings. The van der Waals surface area contributed by atoms with Crippen LogP contribution in [0.25, 0.3) is 10.9 Å². The Balaban J connectivity index is 1.94.